The van der Waals surface area contributed by atoms with Gasteiger partial charge in [0.2, 0.25) is 5.91 Å². The highest BCUT2D eigenvalue weighted by Crippen LogP contribution is 2.55. The van der Waals surface area contributed by atoms with Gasteiger partial charge < -0.3 is 25.2 Å². The SMILES string of the molecule is CC1(C)C(NC(=O)c2ccc(N3CCN(CCNC4CCC5CC(N6C(=O)NC(=O)C6(C)C)C(=O)N5C4)CC3)cn2)C(C)(C)C1Oc1ccc(C#N)c(Cl)c1. The first-order valence-corrected chi connectivity index (χ1v) is 19.7. The molecule has 294 valence electrons. The number of piperazine rings is 1. The van der Waals surface area contributed by atoms with Crippen LogP contribution >= 0.6 is 11.6 Å². The molecule has 7 rings (SSSR count). The summed E-state index contributed by atoms with van der Waals surface area (Å²) in [6.45, 7) is 17.5. The molecule has 0 radical (unpaired) electrons. The van der Waals surface area contributed by atoms with Gasteiger partial charge in [0, 0.05) is 80.8 Å². The van der Waals surface area contributed by atoms with Crippen LogP contribution in [-0.4, -0.2) is 125 Å². The highest BCUT2D eigenvalue weighted by Gasteiger charge is 2.64. The molecule has 5 fully saturated rings. The second-order valence-electron chi connectivity index (χ2n) is 17.3. The van der Waals surface area contributed by atoms with Crippen molar-refractivity contribution in [2.75, 3.05) is 50.7 Å². The van der Waals surface area contributed by atoms with Crippen LogP contribution in [0.2, 0.25) is 5.02 Å². The van der Waals surface area contributed by atoms with Crippen LogP contribution in [0.15, 0.2) is 36.5 Å². The molecule has 5 amide bonds. The number of imide groups is 1. The molecule has 5 heterocycles. The maximum Gasteiger partial charge on any atom is 0.325 e. The van der Waals surface area contributed by atoms with Gasteiger partial charge in [0.25, 0.3) is 11.8 Å². The monoisotopic (exact) mass is 773 g/mol. The van der Waals surface area contributed by atoms with Crippen molar-refractivity contribution < 1.29 is 23.9 Å². The van der Waals surface area contributed by atoms with Gasteiger partial charge >= 0.3 is 6.03 Å². The largest absolute Gasteiger partial charge is 0.489 e. The van der Waals surface area contributed by atoms with E-state index in [4.69, 9.17) is 16.3 Å². The van der Waals surface area contributed by atoms with Crippen molar-refractivity contribution >= 4 is 41.0 Å². The maximum atomic E-state index is 13.4. The van der Waals surface area contributed by atoms with Crippen molar-refractivity contribution in [3.05, 3.63) is 52.8 Å². The Kier molecular flexibility index (Phi) is 10.3. The predicted molar refractivity (Wildman–Crippen MR) is 207 cm³/mol. The summed E-state index contributed by atoms with van der Waals surface area (Å²) in [4.78, 5) is 64.3. The number of nitrogens with zero attached hydrogens (tertiary/aromatic N) is 6. The summed E-state index contributed by atoms with van der Waals surface area (Å²) in [5.41, 5.74) is -0.0452. The number of carbonyl (C=O) groups excluding carboxylic acids is 4. The zero-order valence-electron chi connectivity index (χ0n) is 32.5. The number of ether oxygens (including phenoxy) is 1. The number of amides is 5. The lowest BCUT2D eigenvalue weighted by Crippen LogP contribution is -2.74. The smallest absolute Gasteiger partial charge is 0.325 e. The standard InChI is InChI=1S/C40H52ClN9O5/c1-38(2)34(39(3,4)35(38)55-28-11-7-24(21-42)29(41)20-28)45-32(51)30-12-10-27(22-44-30)48-17-15-47(16-18-48)14-13-43-25-8-9-26-19-31(33(52)49(26)23-25)50-37(54)46-36(53)40(50,5)6/h7,10-12,20,22,25-26,31,34-35,43H,8-9,13-19,23H2,1-6H3,(H,45,51)(H,46,53,54). The third kappa shape index (κ3) is 7.11. The molecule has 3 atom stereocenters. The number of hydrogen-bond acceptors (Lipinski definition) is 10. The molecule has 0 bridgehead atoms. The second-order valence-corrected chi connectivity index (χ2v) is 17.8. The van der Waals surface area contributed by atoms with Crippen molar-refractivity contribution in [1.82, 2.24) is 35.6 Å². The van der Waals surface area contributed by atoms with Crippen LogP contribution in [0.3, 0.4) is 0 Å². The van der Waals surface area contributed by atoms with Crippen LogP contribution in [-0.2, 0) is 9.59 Å². The molecule has 1 aliphatic carbocycles. The summed E-state index contributed by atoms with van der Waals surface area (Å²) in [5, 5.41) is 18.8. The normalized spacial score (nSPS) is 28.3. The van der Waals surface area contributed by atoms with E-state index in [0.717, 1.165) is 57.8 Å². The Labute approximate surface area is 327 Å². The molecule has 5 aliphatic rings. The van der Waals surface area contributed by atoms with Gasteiger partial charge in [-0.2, -0.15) is 5.26 Å². The van der Waals surface area contributed by atoms with Crippen molar-refractivity contribution in [1.29, 1.82) is 5.26 Å². The summed E-state index contributed by atoms with van der Waals surface area (Å²) in [6, 6.07) is 9.92. The van der Waals surface area contributed by atoms with Gasteiger partial charge in [-0.15, -0.1) is 0 Å². The van der Waals surface area contributed by atoms with Crippen LogP contribution in [0.25, 0.3) is 0 Å². The lowest BCUT2D eigenvalue weighted by Gasteiger charge is -2.63. The fraction of sp³-hybridized carbons (Fsp3) is 0.600. The number of nitrogens with one attached hydrogen (secondary N) is 3. The van der Waals surface area contributed by atoms with Crippen molar-refractivity contribution in [3.63, 3.8) is 0 Å². The summed E-state index contributed by atoms with van der Waals surface area (Å²) >= 11 is 6.24. The summed E-state index contributed by atoms with van der Waals surface area (Å²) in [5.74, 6) is -0.0628. The first kappa shape index (κ1) is 38.8. The number of nitriles is 1. The summed E-state index contributed by atoms with van der Waals surface area (Å²) < 4.78 is 6.36. The Balaban J connectivity index is 0.842. The lowest BCUT2D eigenvalue weighted by atomic mass is 9.49. The van der Waals surface area contributed by atoms with Gasteiger partial charge in [0.15, 0.2) is 0 Å². The first-order valence-electron chi connectivity index (χ1n) is 19.3. The Hall–Kier alpha value is -4.45. The molecule has 3 N–H and O–H groups in total. The molecule has 0 spiro atoms. The van der Waals surface area contributed by atoms with Crippen molar-refractivity contribution in [2.45, 2.75) is 96.6 Å². The number of pyridine rings is 1. The maximum absolute atomic E-state index is 13.4. The lowest BCUT2D eigenvalue weighted by molar-refractivity contribution is -0.164. The van der Waals surface area contributed by atoms with Gasteiger partial charge in [-0.25, -0.2) is 9.78 Å². The van der Waals surface area contributed by atoms with Crippen LogP contribution in [0, 0.1) is 22.2 Å². The molecule has 1 saturated carbocycles. The molecule has 1 aromatic heterocycles. The van der Waals surface area contributed by atoms with Gasteiger partial charge in [-0.05, 0) is 57.4 Å². The zero-order valence-corrected chi connectivity index (χ0v) is 33.3. The van der Waals surface area contributed by atoms with Crippen LogP contribution in [0.4, 0.5) is 10.5 Å². The van der Waals surface area contributed by atoms with Gasteiger partial charge in [0.1, 0.15) is 35.2 Å². The number of fused-ring (bicyclic) bond motifs is 1. The van der Waals surface area contributed by atoms with E-state index in [1.807, 2.05) is 11.0 Å². The van der Waals surface area contributed by atoms with E-state index >= 15 is 0 Å². The third-order valence-electron chi connectivity index (χ3n) is 12.7. The number of rotatable bonds is 10. The predicted octanol–water partition coefficient (Wildman–Crippen LogP) is 3.39. The van der Waals surface area contributed by atoms with E-state index in [1.54, 1.807) is 44.3 Å². The minimum atomic E-state index is -1.04. The van der Waals surface area contributed by atoms with E-state index in [0.29, 0.717) is 35.0 Å². The molecule has 4 aliphatic heterocycles. The fourth-order valence-corrected chi connectivity index (χ4v) is 10.1. The first-order chi connectivity index (χ1) is 26.0. The minimum absolute atomic E-state index is 0.0630. The molecule has 55 heavy (non-hydrogen) atoms. The molecule has 3 unspecified atom stereocenters. The van der Waals surface area contributed by atoms with E-state index < -0.39 is 17.6 Å². The van der Waals surface area contributed by atoms with Gasteiger partial charge in [-0.1, -0.05) is 39.3 Å². The number of halogens is 1. The van der Waals surface area contributed by atoms with Crippen molar-refractivity contribution in [2.24, 2.45) is 10.8 Å². The molecule has 1 aromatic carbocycles. The Bertz CT molecular complexity index is 1870. The molecular weight excluding hydrogens is 722 g/mol. The number of aromatic nitrogens is 1. The average Bonchev–Trinajstić information content (AvgIpc) is 3.57. The van der Waals surface area contributed by atoms with E-state index in [-0.39, 0.29) is 52.8 Å². The van der Waals surface area contributed by atoms with Crippen LogP contribution < -0.4 is 25.6 Å². The van der Waals surface area contributed by atoms with Crippen LogP contribution in [0.5, 0.6) is 5.75 Å². The zero-order chi connectivity index (χ0) is 39.4. The molecular formula is C40H52ClN9O5. The number of piperidine rings is 1. The number of anilines is 1. The van der Waals surface area contributed by atoms with Crippen molar-refractivity contribution in [3.8, 4) is 11.8 Å². The second kappa shape index (κ2) is 14.6. The third-order valence-corrected chi connectivity index (χ3v) is 13.0. The number of carbonyl (C=O) groups is 4. The Morgan fingerprint density at radius 2 is 1.76 bits per heavy atom. The minimum Gasteiger partial charge on any atom is -0.489 e. The Morgan fingerprint density at radius 1 is 1.04 bits per heavy atom. The fourth-order valence-electron chi connectivity index (χ4n) is 9.84. The van der Waals surface area contributed by atoms with Crippen LogP contribution in [0.1, 0.15) is 76.9 Å². The number of hydrogen-bond donors (Lipinski definition) is 3. The quantitative estimate of drug-likeness (QED) is 0.305. The number of benzene rings is 1. The highest BCUT2D eigenvalue weighted by molar-refractivity contribution is 6.31. The van der Waals surface area contributed by atoms with E-state index in [1.165, 1.54) is 4.90 Å². The van der Waals surface area contributed by atoms with Gasteiger partial charge in [0.05, 0.1) is 22.5 Å². The topological polar surface area (TPSA) is 163 Å². The molecule has 14 nitrogen and oxygen atoms in total. The van der Waals surface area contributed by atoms with E-state index in [2.05, 4.69) is 64.5 Å². The van der Waals surface area contributed by atoms with Gasteiger partial charge in [-0.3, -0.25) is 29.5 Å². The van der Waals surface area contributed by atoms with E-state index in [9.17, 15) is 24.4 Å². The Morgan fingerprint density at radius 3 is 2.38 bits per heavy atom. The molecule has 4 saturated heterocycles. The average molecular weight is 774 g/mol. The summed E-state index contributed by atoms with van der Waals surface area (Å²) in [7, 11) is 0. The molecule has 2 aromatic rings. The summed E-state index contributed by atoms with van der Waals surface area (Å²) in [6.07, 6.45) is 3.99. The molecule has 15 heteroatoms. The number of urea groups is 1. The highest BCUT2D eigenvalue weighted by atomic mass is 35.5.